The second kappa shape index (κ2) is 5.55. The molecule has 0 unspecified atom stereocenters. The summed E-state index contributed by atoms with van der Waals surface area (Å²) < 4.78 is 29.4. The first kappa shape index (κ1) is 13.1. The molecular formula is C14H11NO3S. The van der Waals surface area contributed by atoms with Gasteiger partial charge in [0, 0.05) is 0 Å². The van der Waals surface area contributed by atoms with Crippen LogP contribution in [0.25, 0.3) is 0 Å². The van der Waals surface area contributed by atoms with Crippen LogP contribution in [-0.2, 0) is 9.84 Å². The van der Waals surface area contributed by atoms with Gasteiger partial charge in [0.05, 0.1) is 6.07 Å². The molecule has 2 aromatic rings. The lowest BCUT2D eigenvalue weighted by atomic mass is 10.3. The Labute approximate surface area is 111 Å². The third-order valence-electron chi connectivity index (χ3n) is 2.41. The molecule has 0 spiro atoms. The Morgan fingerprint density at radius 3 is 2.32 bits per heavy atom. The van der Waals surface area contributed by atoms with E-state index in [1.165, 1.54) is 6.07 Å². The van der Waals surface area contributed by atoms with Gasteiger partial charge in [-0.05, 0) is 24.3 Å². The summed E-state index contributed by atoms with van der Waals surface area (Å²) in [7, 11) is -3.65. The van der Waals surface area contributed by atoms with Crippen LogP contribution in [0.2, 0.25) is 0 Å². The molecule has 96 valence electrons. The van der Waals surface area contributed by atoms with Gasteiger partial charge in [0.25, 0.3) is 0 Å². The van der Waals surface area contributed by atoms with Gasteiger partial charge in [-0.1, -0.05) is 30.3 Å². The summed E-state index contributed by atoms with van der Waals surface area (Å²) in [5.41, 5.74) is 0. The second-order valence-electron chi connectivity index (χ2n) is 3.78. The van der Waals surface area contributed by atoms with Crippen LogP contribution in [0.1, 0.15) is 0 Å². The van der Waals surface area contributed by atoms with Crippen molar-refractivity contribution in [3.63, 3.8) is 0 Å². The lowest BCUT2D eigenvalue weighted by Gasteiger charge is -2.10. The van der Waals surface area contributed by atoms with Gasteiger partial charge < -0.3 is 4.74 Å². The fourth-order valence-electron chi connectivity index (χ4n) is 1.57. The number of ether oxygens (including phenoxy) is 1. The van der Waals surface area contributed by atoms with Crippen LogP contribution in [-0.4, -0.2) is 14.2 Å². The van der Waals surface area contributed by atoms with E-state index in [1.54, 1.807) is 48.5 Å². The first-order valence-electron chi connectivity index (χ1n) is 5.55. The first-order chi connectivity index (χ1) is 9.13. The summed E-state index contributed by atoms with van der Waals surface area (Å²) in [6.45, 7) is 0. The third kappa shape index (κ3) is 3.12. The minimum absolute atomic E-state index is 0.0282. The highest BCUT2D eigenvalue weighted by molar-refractivity contribution is 7.91. The molecule has 0 aliphatic heterocycles. The van der Waals surface area contributed by atoms with Crippen molar-refractivity contribution in [2.75, 3.05) is 5.75 Å². The summed E-state index contributed by atoms with van der Waals surface area (Å²) in [6.07, 6.45) is 0. The third-order valence-corrected chi connectivity index (χ3v) is 3.93. The number of rotatable bonds is 4. The van der Waals surface area contributed by atoms with Crippen LogP contribution < -0.4 is 4.74 Å². The van der Waals surface area contributed by atoms with E-state index in [1.807, 2.05) is 6.07 Å². The van der Waals surface area contributed by atoms with Crippen LogP contribution >= 0.6 is 0 Å². The zero-order valence-electron chi connectivity index (χ0n) is 9.98. The maximum Gasteiger partial charge on any atom is 0.195 e. The van der Waals surface area contributed by atoms with E-state index in [0.717, 1.165) is 0 Å². The van der Waals surface area contributed by atoms with E-state index in [9.17, 15) is 8.42 Å². The number of benzene rings is 2. The molecule has 0 bridgehead atoms. The van der Waals surface area contributed by atoms with Gasteiger partial charge in [0.2, 0.25) is 0 Å². The quantitative estimate of drug-likeness (QED) is 0.859. The average molecular weight is 273 g/mol. The van der Waals surface area contributed by atoms with Crippen molar-refractivity contribution in [2.24, 2.45) is 0 Å². The van der Waals surface area contributed by atoms with Gasteiger partial charge in [-0.3, -0.25) is 0 Å². The molecule has 0 heterocycles. The Morgan fingerprint density at radius 1 is 1.00 bits per heavy atom. The number of hydrogen-bond donors (Lipinski definition) is 0. The zero-order valence-corrected chi connectivity index (χ0v) is 10.8. The van der Waals surface area contributed by atoms with E-state index in [4.69, 9.17) is 10.00 Å². The molecule has 0 amide bonds. The lowest BCUT2D eigenvalue weighted by molar-refractivity contribution is 0.467. The summed E-state index contributed by atoms with van der Waals surface area (Å²) in [5.74, 6) is 0.202. The molecule has 19 heavy (non-hydrogen) atoms. The Kier molecular flexibility index (Phi) is 3.83. The minimum atomic E-state index is -3.65. The van der Waals surface area contributed by atoms with Gasteiger partial charge in [-0.15, -0.1) is 0 Å². The van der Waals surface area contributed by atoms with Gasteiger partial charge in [-0.25, -0.2) is 8.42 Å². The number of nitriles is 1. The SMILES string of the molecule is N#CCS(=O)(=O)c1ccccc1Oc1ccccc1. The topological polar surface area (TPSA) is 67.2 Å². The molecule has 0 fully saturated rings. The molecule has 0 saturated heterocycles. The molecule has 2 rings (SSSR count). The van der Waals surface area contributed by atoms with Gasteiger partial charge in [0.15, 0.2) is 9.84 Å². The van der Waals surface area contributed by atoms with Crippen molar-refractivity contribution < 1.29 is 13.2 Å². The lowest BCUT2D eigenvalue weighted by Crippen LogP contribution is -2.06. The largest absolute Gasteiger partial charge is 0.456 e. The van der Waals surface area contributed by atoms with E-state index in [0.29, 0.717) is 5.75 Å². The van der Waals surface area contributed by atoms with Crippen molar-refractivity contribution in [1.82, 2.24) is 0 Å². The van der Waals surface area contributed by atoms with Crippen molar-refractivity contribution in [1.29, 1.82) is 5.26 Å². The van der Waals surface area contributed by atoms with Crippen molar-refractivity contribution in [3.8, 4) is 17.6 Å². The van der Waals surface area contributed by atoms with Gasteiger partial charge >= 0.3 is 0 Å². The summed E-state index contributed by atoms with van der Waals surface area (Å²) in [5, 5.41) is 8.57. The highest BCUT2D eigenvalue weighted by atomic mass is 32.2. The summed E-state index contributed by atoms with van der Waals surface area (Å²) in [6, 6.07) is 16.8. The molecule has 0 saturated carbocycles. The molecule has 0 aliphatic rings. The van der Waals surface area contributed by atoms with E-state index in [-0.39, 0.29) is 10.6 Å². The average Bonchev–Trinajstić information content (AvgIpc) is 2.40. The first-order valence-corrected chi connectivity index (χ1v) is 7.20. The normalized spacial score (nSPS) is 10.7. The van der Waals surface area contributed by atoms with Crippen LogP contribution in [0, 0.1) is 11.3 Å². The molecule has 4 nitrogen and oxygen atoms in total. The number of sulfone groups is 1. The predicted octanol–water partition coefficient (Wildman–Crippen LogP) is 2.78. The predicted molar refractivity (Wildman–Crippen MR) is 70.6 cm³/mol. The van der Waals surface area contributed by atoms with Crippen LogP contribution in [0.15, 0.2) is 59.5 Å². The maximum atomic E-state index is 11.9. The molecule has 5 heteroatoms. The van der Waals surface area contributed by atoms with E-state index >= 15 is 0 Å². The van der Waals surface area contributed by atoms with Gasteiger partial charge in [0.1, 0.15) is 22.1 Å². The molecule has 0 N–H and O–H groups in total. The van der Waals surface area contributed by atoms with Gasteiger partial charge in [-0.2, -0.15) is 5.26 Å². The summed E-state index contributed by atoms with van der Waals surface area (Å²) >= 11 is 0. The Bertz CT molecular complexity index is 703. The number of para-hydroxylation sites is 2. The zero-order chi connectivity index (χ0) is 13.7. The van der Waals surface area contributed by atoms with Crippen LogP contribution in [0.3, 0.4) is 0 Å². The van der Waals surface area contributed by atoms with Crippen LogP contribution in [0.5, 0.6) is 11.5 Å². The Hall–Kier alpha value is -2.32. The minimum Gasteiger partial charge on any atom is -0.456 e. The van der Waals surface area contributed by atoms with E-state index in [2.05, 4.69) is 0 Å². The van der Waals surface area contributed by atoms with E-state index < -0.39 is 15.6 Å². The Balaban J connectivity index is 2.41. The fraction of sp³-hybridized carbons (Fsp3) is 0.0714. The standard InChI is InChI=1S/C14H11NO3S/c15-10-11-19(16,17)14-9-5-4-8-13(14)18-12-6-2-1-3-7-12/h1-9H,11H2. The van der Waals surface area contributed by atoms with Crippen molar-refractivity contribution in [3.05, 3.63) is 54.6 Å². The highest BCUT2D eigenvalue weighted by Crippen LogP contribution is 2.28. The maximum absolute atomic E-state index is 11.9. The molecular weight excluding hydrogens is 262 g/mol. The smallest absolute Gasteiger partial charge is 0.195 e. The molecule has 0 radical (unpaired) electrons. The second-order valence-corrected chi connectivity index (χ2v) is 5.74. The number of hydrogen-bond acceptors (Lipinski definition) is 4. The van der Waals surface area contributed by atoms with Crippen LogP contribution in [0.4, 0.5) is 0 Å². The summed E-state index contributed by atoms with van der Waals surface area (Å²) in [4.78, 5) is 0.0282. The highest BCUT2D eigenvalue weighted by Gasteiger charge is 2.19. The van der Waals surface area contributed by atoms with Crippen molar-refractivity contribution >= 4 is 9.84 Å². The number of nitrogens with zero attached hydrogens (tertiary/aromatic N) is 1. The molecule has 0 atom stereocenters. The Morgan fingerprint density at radius 2 is 1.63 bits per heavy atom. The fourth-order valence-corrected chi connectivity index (χ4v) is 2.60. The monoisotopic (exact) mass is 273 g/mol. The molecule has 2 aromatic carbocycles. The van der Waals surface area contributed by atoms with Crippen molar-refractivity contribution in [2.45, 2.75) is 4.90 Å². The molecule has 0 aliphatic carbocycles. The molecule has 0 aromatic heterocycles.